The van der Waals surface area contributed by atoms with Crippen molar-refractivity contribution < 1.29 is 14.3 Å². The Kier molecular flexibility index (Phi) is 4.22. The van der Waals surface area contributed by atoms with Crippen molar-refractivity contribution in [3.05, 3.63) is 46.4 Å². The molecule has 0 bridgehead atoms. The highest BCUT2D eigenvalue weighted by atomic mass is 79.9. The molecular formula is C16H13BrO3S. The number of hydrogen-bond acceptors (Lipinski definition) is 4. The highest BCUT2D eigenvalue weighted by molar-refractivity contribution is 9.10. The standard InChI is InChI=1S/C16H13BrO3S/c1-10(18)13-4-2-11(17)8-16(13)21-12-3-5-14-15(9-12)20-7-6-19-14/h2-5,8-9H,6-7H2,1H3. The Morgan fingerprint density at radius 1 is 1.10 bits per heavy atom. The molecular weight excluding hydrogens is 352 g/mol. The highest BCUT2D eigenvalue weighted by Gasteiger charge is 2.14. The molecule has 0 saturated heterocycles. The molecule has 1 heterocycles. The van der Waals surface area contributed by atoms with Crippen LogP contribution in [0.1, 0.15) is 17.3 Å². The predicted molar refractivity (Wildman–Crippen MR) is 85.7 cm³/mol. The van der Waals surface area contributed by atoms with Gasteiger partial charge >= 0.3 is 0 Å². The summed E-state index contributed by atoms with van der Waals surface area (Å²) in [4.78, 5) is 13.7. The number of rotatable bonds is 3. The zero-order valence-electron chi connectivity index (χ0n) is 11.4. The summed E-state index contributed by atoms with van der Waals surface area (Å²) >= 11 is 4.99. The van der Waals surface area contributed by atoms with Crippen LogP contribution in [-0.2, 0) is 0 Å². The van der Waals surface area contributed by atoms with Crippen molar-refractivity contribution in [2.24, 2.45) is 0 Å². The number of ketones is 1. The van der Waals surface area contributed by atoms with E-state index in [1.54, 1.807) is 18.7 Å². The smallest absolute Gasteiger partial charge is 0.162 e. The molecule has 0 amide bonds. The first kappa shape index (κ1) is 14.5. The zero-order chi connectivity index (χ0) is 14.8. The maximum Gasteiger partial charge on any atom is 0.162 e. The van der Waals surface area contributed by atoms with Crippen molar-refractivity contribution in [2.75, 3.05) is 13.2 Å². The number of carbonyl (C=O) groups excluding carboxylic acids is 1. The minimum absolute atomic E-state index is 0.0579. The van der Waals surface area contributed by atoms with Crippen molar-refractivity contribution >= 4 is 33.5 Å². The summed E-state index contributed by atoms with van der Waals surface area (Å²) in [6.07, 6.45) is 0. The van der Waals surface area contributed by atoms with Crippen molar-refractivity contribution in [1.29, 1.82) is 0 Å². The molecule has 0 N–H and O–H groups in total. The maximum atomic E-state index is 11.7. The zero-order valence-corrected chi connectivity index (χ0v) is 13.8. The van der Waals surface area contributed by atoms with Gasteiger partial charge in [0.2, 0.25) is 0 Å². The van der Waals surface area contributed by atoms with Crippen LogP contribution in [0.2, 0.25) is 0 Å². The predicted octanol–water partition coefficient (Wildman–Crippen LogP) is 4.57. The van der Waals surface area contributed by atoms with Crippen LogP contribution in [-0.4, -0.2) is 19.0 Å². The summed E-state index contributed by atoms with van der Waals surface area (Å²) in [5, 5.41) is 0. The van der Waals surface area contributed by atoms with Crippen LogP contribution in [0.4, 0.5) is 0 Å². The van der Waals surface area contributed by atoms with Crippen molar-refractivity contribution in [1.82, 2.24) is 0 Å². The Hall–Kier alpha value is -1.46. The molecule has 0 unspecified atom stereocenters. The minimum atomic E-state index is 0.0579. The molecule has 0 fully saturated rings. The summed E-state index contributed by atoms with van der Waals surface area (Å²) in [7, 11) is 0. The van der Waals surface area contributed by atoms with Gasteiger partial charge in [0.15, 0.2) is 17.3 Å². The van der Waals surface area contributed by atoms with E-state index in [0.717, 1.165) is 31.3 Å². The second-order valence-corrected chi connectivity index (χ2v) is 6.64. The van der Waals surface area contributed by atoms with Crippen LogP contribution >= 0.6 is 27.7 Å². The van der Waals surface area contributed by atoms with Gasteiger partial charge < -0.3 is 9.47 Å². The molecule has 3 rings (SSSR count). The first-order valence-electron chi connectivity index (χ1n) is 6.51. The minimum Gasteiger partial charge on any atom is -0.486 e. The van der Waals surface area contributed by atoms with E-state index in [1.165, 1.54) is 0 Å². The van der Waals surface area contributed by atoms with Crippen molar-refractivity contribution in [2.45, 2.75) is 16.7 Å². The van der Waals surface area contributed by atoms with Gasteiger partial charge in [-0.2, -0.15) is 0 Å². The molecule has 1 aliphatic rings. The summed E-state index contributed by atoms with van der Waals surface area (Å²) < 4.78 is 12.1. The molecule has 2 aromatic carbocycles. The molecule has 0 saturated carbocycles. The summed E-state index contributed by atoms with van der Waals surface area (Å²) in [6.45, 7) is 2.73. The number of hydrogen-bond donors (Lipinski definition) is 0. The Morgan fingerprint density at radius 2 is 1.86 bits per heavy atom. The average Bonchev–Trinajstić information content (AvgIpc) is 2.47. The summed E-state index contributed by atoms with van der Waals surface area (Å²) in [5.41, 5.74) is 0.720. The third kappa shape index (κ3) is 3.24. The lowest BCUT2D eigenvalue weighted by Crippen LogP contribution is -2.15. The molecule has 1 aliphatic heterocycles. The lowest BCUT2D eigenvalue weighted by molar-refractivity contribution is 0.101. The Morgan fingerprint density at radius 3 is 2.62 bits per heavy atom. The number of ether oxygens (including phenoxy) is 2. The first-order valence-corrected chi connectivity index (χ1v) is 8.12. The molecule has 0 aromatic heterocycles. The lowest BCUT2D eigenvalue weighted by Gasteiger charge is -2.19. The van der Waals surface area contributed by atoms with E-state index in [0.29, 0.717) is 13.2 Å². The van der Waals surface area contributed by atoms with E-state index in [9.17, 15) is 4.79 Å². The fraction of sp³-hybridized carbons (Fsp3) is 0.188. The second-order valence-electron chi connectivity index (χ2n) is 4.60. The number of halogens is 1. The van der Waals surface area contributed by atoms with Gasteiger partial charge in [-0.05, 0) is 43.3 Å². The lowest BCUT2D eigenvalue weighted by atomic mass is 10.1. The largest absolute Gasteiger partial charge is 0.486 e. The van der Waals surface area contributed by atoms with E-state index in [2.05, 4.69) is 15.9 Å². The van der Waals surface area contributed by atoms with Gasteiger partial charge in [-0.25, -0.2) is 0 Å². The van der Waals surface area contributed by atoms with Crippen molar-refractivity contribution in [3.63, 3.8) is 0 Å². The molecule has 5 heteroatoms. The van der Waals surface area contributed by atoms with E-state index in [4.69, 9.17) is 9.47 Å². The van der Waals surface area contributed by atoms with Gasteiger partial charge in [0.1, 0.15) is 13.2 Å². The van der Waals surface area contributed by atoms with Gasteiger partial charge in [0, 0.05) is 19.8 Å². The van der Waals surface area contributed by atoms with E-state index < -0.39 is 0 Å². The van der Waals surface area contributed by atoms with Crippen LogP contribution in [0.15, 0.2) is 50.7 Å². The summed E-state index contributed by atoms with van der Waals surface area (Å²) in [6, 6.07) is 11.5. The topological polar surface area (TPSA) is 35.5 Å². The molecule has 21 heavy (non-hydrogen) atoms. The Balaban J connectivity index is 1.93. The highest BCUT2D eigenvalue weighted by Crippen LogP contribution is 2.38. The number of fused-ring (bicyclic) bond motifs is 1. The van der Waals surface area contributed by atoms with Gasteiger partial charge in [-0.3, -0.25) is 4.79 Å². The number of benzene rings is 2. The number of carbonyl (C=O) groups is 1. The molecule has 0 aliphatic carbocycles. The van der Waals surface area contributed by atoms with Crippen LogP contribution in [0.5, 0.6) is 11.5 Å². The fourth-order valence-electron chi connectivity index (χ4n) is 2.09. The van der Waals surface area contributed by atoms with E-state index in [-0.39, 0.29) is 5.78 Å². The molecule has 2 aromatic rings. The third-order valence-electron chi connectivity index (χ3n) is 3.06. The Labute approximate surface area is 135 Å². The van der Waals surface area contributed by atoms with Gasteiger partial charge in [-0.15, -0.1) is 0 Å². The quantitative estimate of drug-likeness (QED) is 0.747. The van der Waals surface area contributed by atoms with Crippen LogP contribution in [0.25, 0.3) is 0 Å². The first-order chi connectivity index (χ1) is 10.1. The average molecular weight is 365 g/mol. The summed E-state index contributed by atoms with van der Waals surface area (Å²) in [5.74, 6) is 1.58. The van der Waals surface area contributed by atoms with Gasteiger partial charge in [0.05, 0.1) is 0 Å². The van der Waals surface area contributed by atoms with Gasteiger partial charge in [0.25, 0.3) is 0 Å². The SMILES string of the molecule is CC(=O)c1ccc(Br)cc1Sc1ccc2c(c1)OCCO2. The maximum absolute atomic E-state index is 11.7. The Bertz CT molecular complexity index is 700. The van der Waals surface area contributed by atoms with Crippen LogP contribution in [0.3, 0.4) is 0 Å². The third-order valence-corrected chi connectivity index (χ3v) is 4.60. The van der Waals surface area contributed by atoms with E-state index in [1.807, 2.05) is 36.4 Å². The van der Waals surface area contributed by atoms with Crippen molar-refractivity contribution in [3.8, 4) is 11.5 Å². The molecule has 0 atom stereocenters. The molecule has 108 valence electrons. The monoisotopic (exact) mass is 364 g/mol. The van der Waals surface area contributed by atoms with Crippen LogP contribution < -0.4 is 9.47 Å². The normalized spacial score (nSPS) is 13.0. The van der Waals surface area contributed by atoms with Gasteiger partial charge in [-0.1, -0.05) is 27.7 Å². The molecule has 0 spiro atoms. The molecule has 3 nitrogen and oxygen atoms in total. The second kappa shape index (κ2) is 6.12. The fourth-order valence-corrected chi connectivity index (χ4v) is 3.66. The van der Waals surface area contributed by atoms with Crippen LogP contribution in [0, 0.1) is 0 Å². The number of Topliss-reactive ketones (excluding diaryl/α,β-unsaturated/α-hetero) is 1. The molecule has 0 radical (unpaired) electrons. The van der Waals surface area contributed by atoms with E-state index >= 15 is 0 Å².